The number of morpholine rings is 1. The molecule has 5 heteroatoms. The fourth-order valence-electron chi connectivity index (χ4n) is 1.75. The van der Waals surface area contributed by atoms with Crippen molar-refractivity contribution in [1.82, 2.24) is 5.32 Å². The Morgan fingerprint density at radius 2 is 2.19 bits per heavy atom. The van der Waals surface area contributed by atoms with Gasteiger partial charge in [-0.3, -0.25) is 0 Å². The van der Waals surface area contributed by atoms with E-state index < -0.39 is 24.4 Å². The molecular weight excluding hydrogens is 219 g/mol. The Morgan fingerprint density at radius 3 is 2.81 bits per heavy atom. The molecule has 1 fully saturated rings. The van der Waals surface area contributed by atoms with E-state index in [0.29, 0.717) is 19.7 Å². The lowest BCUT2D eigenvalue weighted by molar-refractivity contribution is 0.0250. The largest absolute Gasteiger partial charge is 0.371 e. The molecule has 0 spiro atoms. The van der Waals surface area contributed by atoms with Crippen molar-refractivity contribution in [3.63, 3.8) is 0 Å². The number of hydrogen-bond acceptors (Lipinski definition) is 2. The zero-order valence-electron chi connectivity index (χ0n) is 8.60. The Bertz CT molecular complexity index is 378. The fourth-order valence-corrected chi connectivity index (χ4v) is 1.75. The summed E-state index contributed by atoms with van der Waals surface area (Å²) in [6.45, 7) is 0.714. The lowest BCUT2D eigenvalue weighted by atomic mass is 10.0. The molecule has 0 bridgehead atoms. The highest BCUT2D eigenvalue weighted by Crippen LogP contribution is 2.25. The van der Waals surface area contributed by atoms with E-state index in [2.05, 4.69) is 5.32 Å². The molecule has 2 nitrogen and oxygen atoms in total. The molecule has 1 saturated heterocycles. The Labute approximate surface area is 91.4 Å². The molecular formula is C11H12F3NO. The quantitative estimate of drug-likeness (QED) is 0.841. The third-order valence-corrected chi connectivity index (χ3v) is 2.54. The molecule has 16 heavy (non-hydrogen) atoms. The lowest BCUT2D eigenvalue weighted by Crippen LogP contribution is -2.34. The summed E-state index contributed by atoms with van der Waals surface area (Å²) in [4.78, 5) is 0. The van der Waals surface area contributed by atoms with Crippen LogP contribution in [0.1, 0.15) is 17.2 Å². The first kappa shape index (κ1) is 11.4. The van der Waals surface area contributed by atoms with Crippen LogP contribution in [0.4, 0.5) is 13.2 Å². The van der Waals surface area contributed by atoms with Crippen LogP contribution in [0.2, 0.25) is 0 Å². The van der Waals surface area contributed by atoms with Gasteiger partial charge in [0.15, 0.2) is 11.6 Å². The average Bonchev–Trinajstić information content (AvgIpc) is 2.33. The Morgan fingerprint density at radius 1 is 1.38 bits per heavy atom. The van der Waals surface area contributed by atoms with Crippen LogP contribution in [0, 0.1) is 11.6 Å². The Balaban J connectivity index is 2.33. The monoisotopic (exact) mass is 231 g/mol. The fraction of sp³-hybridized carbons (Fsp3) is 0.455. The van der Waals surface area contributed by atoms with E-state index in [4.69, 9.17) is 4.74 Å². The summed E-state index contributed by atoms with van der Waals surface area (Å²) in [5.74, 6) is -1.98. The smallest absolute Gasteiger partial charge is 0.164 e. The van der Waals surface area contributed by atoms with Gasteiger partial charge in [0.25, 0.3) is 0 Å². The second-order valence-electron chi connectivity index (χ2n) is 3.68. The summed E-state index contributed by atoms with van der Waals surface area (Å²) >= 11 is 0. The molecule has 1 unspecified atom stereocenters. The van der Waals surface area contributed by atoms with Gasteiger partial charge in [-0.2, -0.15) is 0 Å². The first-order valence-electron chi connectivity index (χ1n) is 5.08. The molecule has 0 radical (unpaired) electrons. The zero-order valence-corrected chi connectivity index (χ0v) is 8.60. The normalized spacial score (nSPS) is 21.1. The van der Waals surface area contributed by atoms with Crippen LogP contribution in [-0.2, 0) is 11.4 Å². The first-order chi connectivity index (χ1) is 7.72. The molecule has 88 valence electrons. The second kappa shape index (κ2) is 4.84. The topological polar surface area (TPSA) is 21.3 Å². The van der Waals surface area contributed by atoms with Crippen molar-refractivity contribution in [2.75, 3.05) is 19.7 Å². The molecule has 1 atom stereocenters. The van der Waals surface area contributed by atoms with E-state index in [1.807, 2.05) is 0 Å². The van der Waals surface area contributed by atoms with Gasteiger partial charge in [-0.1, -0.05) is 0 Å². The van der Waals surface area contributed by atoms with Gasteiger partial charge in [0.2, 0.25) is 0 Å². The van der Waals surface area contributed by atoms with E-state index in [-0.39, 0.29) is 11.1 Å². The number of halogens is 3. The van der Waals surface area contributed by atoms with Gasteiger partial charge in [0.1, 0.15) is 6.67 Å². The van der Waals surface area contributed by atoms with Gasteiger partial charge in [-0.15, -0.1) is 0 Å². The first-order valence-corrected chi connectivity index (χ1v) is 5.08. The minimum absolute atomic E-state index is 0.0832. The molecule has 0 aromatic heterocycles. The summed E-state index contributed by atoms with van der Waals surface area (Å²) in [6.07, 6.45) is -0.547. The van der Waals surface area contributed by atoms with E-state index in [1.165, 1.54) is 6.07 Å². The predicted octanol–water partition coefficient (Wildman–Crippen LogP) is 2.10. The van der Waals surface area contributed by atoms with Crippen LogP contribution in [0.15, 0.2) is 12.1 Å². The number of rotatable bonds is 2. The maximum Gasteiger partial charge on any atom is 0.164 e. The van der Waals surface area contributed by atoms with Crippen LogP contribution in [0.5, 0.6) is 0 Å². The van der Waals surface area contributed by atoms with Crippen molar-refractivity contribution in [3.05, 3.63) is 34.9 Å². The van der Waals surface area contributed by atoms with Gasteiger partial charge in [0, 0.05) is 18.7 Å². The van der Waals surface area contributed by atoms with Crippen LogP contribution in [-0.4, -0.2) is 19.7 Å². The highest BCUT2D eigenvalue weighted by atomic mass is 19.2. The third-order valence-electron chi connectivity index (χ3n) is 2.54. The molecule has 1 aromatic carbocycles. The number of hydrogen-bond donors (Lipinski definition) is 1. The molecule has 2 rings (SSSR count). The summed E-state index contributed by atoms with van der Waals surface area (Å²) < 4.78 is 44.4. The van der Waals surface area contributed by atoms with E-state index in [9.17, 15) is 13.2 Å². The number of ether oxygens (including phenoxy) is 1. The van der Waals surface area contributed by atoms with Gasteiger partial charge >= 0.3 is 0 Å². The van der Waals surface area contributed by atoms with Gasteiger partial charge in [-0.25, -0.2) is 13.2 Å². The third kappa shape index (κ3) is 2.20. The van der Waals surface area contributed by atoms with E-state index in [0.717, 1.165) is 6.07 Å². The van der Waals surface area contributed by atoms with Crippen molar-refractivity contribution < 1.29 is 17.9 Å². The predicted molar refractivity (Wildman–Crippen MR) is 52.7 cm³/mol. The maximum absolute atomic E-state index is 13.5. The van der Waals surface area contributed by atoms with Crippen LogP contribution in [0.25, 0.3) is 0 Å². The van der Waals surface area contributed by atoms with Crippen LogP contribution >= 0.6 is 0 Å². The SMILES string of the molecule is FCc1cc(F)c(F)c(C2CNCCO2)c1. The Kier molecular flexibility index (Phi) is 3.46. The molecule has 1 aromatic rings. The maximum atomic E-state index is 13.5. The van der Waals surface area contributed by atoms with E-state index >= 15 is 0 Å². The van der Waals surface area contributed by atoms with Crippen molar-refractivity contribution in [3.8, 4) is 0 Å². The molecule has 1 heterocycles. The molecule has 1 N–H and O–H groups in total. The minimum Gasteiger partial charge on any atom is -0.371 e. The van der Waals surface area contributed by atoms with Gasteiger partial charge in [-0.05, 0) is 17.7 Å². The van der Waals surface area contributed by atoms with Gasteiger partial charge < -0.3 is 10.1 Å². The van der Waals surface area contributed by atoms with Crippen molar-refractivity contribution in [2.45, 2.75) is 12.8 Å². The molecule has 0 saturated carbocycles. The highest BCUT2D eigenvalue weighted by molar-refractivity contribution is 5.28. The lowest BCUT2D eigenvalue weighted by Gasteiger charge is -2.24. The molecule has 1 aliphatic heterocycles. The van der Waals surface area contributed by atoms with E-state index in [1.54, 1.807) is 0 Å². The molecule has 1 aliphatic rings. The van der Waals surface area contributed by atoms with Crippen molar-refractivity contribution >= 4 is 0 Å². The van der Waals surface area contributed by atoms with Crippen LogP contribution in [0.3, 0.4) is 0 Å². The van der Waals surface area contributed by atoms with Gasteiger partial charge in [0.05, 0.1) is 12.7 Å². The highest BCUT2D eigenvalue weighted by Gasteiger charge is 2.22. The van der Waals surface area contributed by atoms with Crippen LogP contribution < -0.4 is 5.32 Å². The summed E-state index contributed by atoms with van der Waals surface area (Å²) in [6, 6.07) is 2.19. The van der Waals surface area contributed by atoms with Crippen molar-refractivity contribution in [2.24, 2.45) is 0 Å². The standard InChI is InChI=1S/C11H12F3NO/c12-5-7-3-8(11(14)9(13)4-7)10-6-15-1-2-16-10/h3-4,10,15H,1-2,5-6H2. The van der Waals surface area contributed by atoms with Crippen molar-refractivity contribution in [1.29, 1.82) is 0 Å². The zero-order chi connectivity index (χ0) is 11.5. The Hall–Kier alpha value is -1.07. The average molecular weight is 231 g/mol. The number of alkyl halides is 1. The summed E-state index contributed by atoms with van der Waals surface area (Å²) in [7, 11) is 0. The number of benzene rings is 1. The summed E-state index contributed by atoms with van der Waals surface area (Å²) in [5.41, 5.74) is 0.211. The molecule has 0 aliphatic carbocycles. The summed E-state index contributed by atoms with van der Waals surface area (Å²) in [5, 5.41) is 3.01. The molecule has 0 amide bonds. The second-order valence-corrected chi connectivity index (χ2v) is 3.68. The minimum atomic E-state index is -1.03. The number of nitrogens with one attached hydrogen (secondary N) is 1.